The van der Waals surface area contributed by atoms with Gasteiger partial charge in [0.05, 0.1) is 13.3 Å². The average Bonchev–Trinajstić information content (AvgIpc) is 2.49. The summed E-state index contributed by atoms with van der Waals surface area (Å²) >= 11 is 0. The predicted octanol–water partition coefficient (Wildman–Crippen LogP) is 1.91. The van der Waals surface area contributed by atoms with E-state index in [-0.39, 0.29) is 12.0 Å². The predicted molar refractivity (Wildman–Crippen MR) is 76.4 cm³/mol. The first-order valence-corrected chi connectivity index (χ1v) is 6.24. The highest BCUT2D eigenvalue weighted by atomic mass is 16.5. The number of anilines is 1. The molecule has 110 valence electrons. The minimum absolute atomic E-state index is 0.126. The van der Waals surface area contributed by atoms with E-state index >= 15 is 0 Å². The third kappa shape index (κ3) is 4.03. The van der Waals surface area contributed by atoms with Crippen molar-refractivity contribution in [3.05, 3.63) is 29.8 Å². The molecule has 21 heavy (non-hydrogen) atoms. The van der Waals surface area contributed by atoms with Gasteiger partial charge in [0.1, 0.15) is 5.75 Å². The number of aromatic nitrogens is 3. The zero-order valence-corrected chi connectivity index (χ0v) is 11.6. The second-order valence-electron chi connectivity index (χ2n) is 3.87. The van der Waals surface area contributed by atoms with E-state index in [1.165, 1.54) is 13.3 Å². The lowest BCUT2D eigenvalue weighted by Crippen LogP contribution is -2.06. The van der Waals surface area contributed by atoms with Crippen molar-refractivity contribution in [2.75, 3.05) is 19.0 Å². The molecule has 1 heterocycles. The Hall–Kier alpha value is -2.90. The lowest BCUT2D eigenvalue weighted by Gasteiger charge is -2.07. The van der Waals surface area contributed by atoms with Gasteiger partial charge in [-0.3, -0.25) is 0 Å². The first-order chi connectivity index (χ1) is 10.2. The lowest BCUT2D eigenvalue weighted by molar-refractivity contribution is 0.322. The Kier molecular flexibility index (Phi) is 4.86. The smallest absolute Gasteiger partial charge is 0.330 e. The Labute approximate surface area is 121 Å². The van der Waals surface area contributed by atoms with Crippen LogP contribution in [0.15, 0.2) is 29.4 Å². The molecule has 2 N–H and O–H groups in total. The molecule has 0 fully saturated rings. The van der Waals surface area contributed by atoms with Gasteiger partial charge >= 0.3 is 12.0 Å². The zero-order valence-electron chi connectivity index (χ0n) is 11.6. The Balaban J connectivity index is 2.19. The third-order valence-corrected chi connectivity index (χ3v) is 2.41. The van der Waals surface area contributed by atoms with Gasteiger partial charge in [-0.2, -0.15) is 9.97 Å². The first-order valence-electron chi connectivity index (χ1n) is 6.24. The van der Waals surface area contributed by atoms with Crippen molar-refractivity contribution in [2.24, 2.45) is 5.16 Å². The molecule has 0 saturated carbocycles. The van der Waals surface area contributed by atoms with Crippen molar-refractivity contribution >= 4 is 12.2 Å². The standard InChI is InChI=1S/C13H15N5O3/c1-3-14-11-16-12(20-2)18-13(17-11)21-10-6-4-9(5-7-10)8-15-19/h4-8,19H,3H2,1-2H3,(H,14,16,17,18)/b15-8-. The normalized spacial score (nSPS) is 10.6. The number of nitrogens with zero attached hydrogens (tertiary/aromatic N) is 4. The lowest BCUT2D eigenvalue weighted by atomic mass is 10.2. The van der Waals surface area contributed by atoms with Crippen molar-refractivity contribution in [3.8, 4) is 17.8 Å². The van der Waals surface area contributed by atoms with Crippen molar-refractivity contribution in [1.29, 1.82) is 0 Å². The van der Waals surface area contributed by atoms with Gasteiger partial charge in [0.25, 0.3) is 0 Å². The molecule has 0 aliphatic rings. The van der Waals surface area contributed by atoms with Crippen LogP contribution in [0.4, 0.5) is 5.95 Å². The van der Waals surface area contributed by atoms with Crippen molar-refractivity contribution in [1.82, 2.24) is 15.0 Å². The number of hydrogen-bond acceptors (Lipinski definition) is 8. The Morgan fingerprint density at radius 3 is 2.52 bits per heavy atom. The first kappa shape index (κ1) is 14.5. The molecule has 0 radical (unpaired) electrons. The monoisotopic (exact) mass is 289 g/mol. The third-order valence-electron chi connectivity index (χ3n) is 2.41. The van der Waals surface area contributed by atoms with Crippen LogP contribution in [0, 0.1) is 0 Å². The number of nitrogens with one attached hydrogen (secondary N) is 1. The summed E-state index contributed by atoms with van der Waals surface area (Å²) < 4.78 is 10.6. The van der Waals surface area contributed by atoms with Crippen LogP contribution in [-0.4, -0.2) is 40.0 Å². The van der Waals surface area contributed by atoms with Gasteiger partial charge < -0.3 is 20.0 Å². The van der Waals surface area contributed by atoms with E-state index in [1.54, 1.807) is 24.3 Å². The van der Waals surface area contributed by atoms with Crippen molar-refractivity contribution in [3.63, 3.8) is 0 Å². The van der Waals surface area contributed by atoms with Crippen LogP contribution in [0.5, 0.6) is 17.8 Å². The Morgan fingerprint density at radius 1 is 1.19 bits per heavy atom. The van der Waals surface area contributed by atoms with E-state index in [0.29, 0.717) is 18.2 Å². The molecular weight excluding hydrogens is 274 g/mol. The van der Waals surface area contributed by atoms with Crippen LogP contribution < -0.4 is 14.8 Å². The summed E-state index contributed by atoms with van der Waals surface area (Å²) in [4.78, 5) is 12.2. The van der Waals surface area contributed by atoms with E-state index in [1.807, 2.05) is 6.92 Å². The largest absolute Gasteiger partial charge is 0.467 e. The summed E-state index contributed by atoms with van der Waals surface area (Å²) in [5, 5.41) is 14.4. The highest BCUT2D eigenvalue weighted by Gasteiger charge is 2.08. The van der Waals surface area contributed by atoms with Crippen LogP contribution in [-0.2, 0) is 0 Å². The zero-order chi connectivity index (χ0) is 15.1. The summed E-state index contributed by atoms with van der Waals surface area (Å²) in [6, 6.07) is 7.18. The number of rotatable bonds is 6. The van der Waals surface area contributed by atoms with Gasteiger partial charge in [0, 0.05) is 6.54 Å². The summed E-state index contributed by atoms with van der Waals surface area (Å²) in [5.74, 6) is 0.921. The van der Waals surface area contributed by atoms with E-state index in [4.69, 9.17) is 14.7 Å². The van der Waals surface area contributed by atoms with Crippen LogP contribution in [0.3, 0.4) is 0 Å². The number of benzene rings is 1. The summed E-state index contributed by atoms with van der Waals surface area (Å²) in [6.07, 6.45) is 1.32. The van der Waals surface area contributed by atoms with E-state index in [9.17, 15) is 0 Å². The number of ether oxygens (including phenoxy) is 2. The fourth-order valence-corrected chi connectivity index (χ4v) is 1.51. The minimum Gasteiger partial charge on any atom is -0.467 e. The minimum atomic E-state index is 0.126. The second-order valence-corrected chi connectivity index (χ2v) is 3.87. The molecule has 0 spiro atoms. The molecule has 1 aromatic heterocycles. The highest BCUT2D eigenvalue weighted by Crippen LogP contribution is 2.20. The molecule has 0 saturated heterocycles. The maximum Gasteiger partial charge on any atom is 0.330 e. The molecule has 0 atom stereocenters. The quantitative estimate of drug-likeness (QED) is 0.475. The fraction of sp³-hybridized carbons (Fsp3) is 0.231. The number of methoxy groups -OCH3 is 1. The summed E-state index contributed by atoms with van der Waals surface area (Å²) in [5.41, 5.74) is 0.742. The molecule has 8 heteroatoms. The molecule has 0 amide bonds. The maximum atomic E-state index is 8.45. The van der Waals surface area contributed by atoms with E-state index in [0.717, 1.165) is 5.56 Å². The topological polar surface area (TPSA) is 102 Å². The van der Waals surface area contributed by atoms with Crippen molar-refractivity contribution in [2.45, 2.75) is 6.92 Å². The molecule has 2 rings (SSSR count). The molecule has 0 aliphatic heterocycles. The molecule has 1 aromatic carbocycles. The van der Waals surface area contributed by atoms with Gasteiger partial charge in [0.2, 0.25) is 5.95 Å². The van der Waals surface area contributed by atoms with Crippen molar-refractivity contribution < 1.29 is 14.7 Å². The van der Waals surface area contributed by atoms with Gasteiger partial charge in [-0.05, 0) is 36.8 Å². The van der Waals surface area contributed by atoms with Gasteiger partial charge in [-0.1, -0.05) is 5.16 Å². The number of hydrogen-bond donors (Lipinski definition) is 2. The number of oxime groups is 1. The van der Waals surface area contributed by atoms with Crippen LogP contribution >= 0.6 is 0 Å². The van der Waals surface area contributed by atoms with Crippen LogP contribution in [0.25, 0.3) is 0 Å². The molecular formula is C13H15N5O3. The molecule has 2 aromatic rings. The van der Waals surface area contributed by atoms with Gasteiger partial charge in [-0.25, -0.2) is 0 Å². The summed E-state index contributed by atoms with van der Waals surface area (Å²) in [7, 11) is 1.47. The molecule has 0 bridgehead atoms. The molecule has 8 nitrogen and oxygen atoms in total. The SMILES string of the molecule is CCNc1nc(OC)nc(Oc2ccc(/C=N\O)cc2)n1. The Morgan fingerprint density at radius 2 is 1.90 bits per heavy atom. The highest BCUT2D eigenvalue weighted by molar-refractivity contribution is 5.79. The molecule has 0 aliphatic carbocycles. The van der Waals surface area contributed by atoms with Gasteiger partial charge in [-0.15, -0.1) is 4.98 Å². The molecule has 0 unspecified atom stereocenters. The van der Waals surface area contributed by atoms with E-state index in [2.05, 4.69) is 25.4 Å². The second kappa shape index (κ2) is 7.04. The fourth-order valence-electron chi connectivity index (χ4n) is 1.51. The summed E-state index contributed by atoms with van der Waals surface area (Å²) in [6.45, 7) is 2.60. The Bertz CT molecular complexity index is 616. The van der Waals surface area contributed by atoms with Gasteiger partial charge in [0.15, 0.2) is 0 Å². The van der Waals surface area contributed by atoms with Crippen LogP contribution in [0.1, 0.15) is 12.5 Å². The van der Waals surface area contributed by atoms with E-state index < -0.39 is 0 Å². The maximum absolute atomic E-state index is 8.45. The average molecular weight is 289 g/mol. The van der Waals surface area contributed by atoms with Crippen LogP contribution in [0.2, 0.25) is 0 Å².